The van der Waals surface area contributed by atoms with Gasteiger partial charge in [0.25, 0.3) is 0 Å². The van der Waals surface area contributed by atoms with Gasteiger partial charge in [-0.3, -0.25) is 14.4 Å². The first-order chi connectivity index (χ1) is 13.3. The monoisotopic (exact) mass is 389 g/mol. The van der Waals surface area contributed by atoms with Gasteiger partial charge in [-0.2, -0.15) is 5.10 Å². The molecule has 1 atom stereocenters. The third-order valence-corrected chi connectivity index (χ3v) is 6.98. The highest BCUT2D eigenvalue weighted by Gasteiger charge is 2.33. The van der Waals surface area contributed by atoms with Crippen LogP contribution in [0.25, 0.3) is 0 Å². The molecule has 0 N–H and O–H groups in total. The highest BCUT2D eigenvalue weighted by atomic mass is 16.2. The topological polar surface area (TPSA) is 44.6 Å². The maximum absolute atomic E-state index is 13.2. The summed E-state index contributed by atoms with van der Waals surface area (Å²) < 4.78 is 1.91. The first-order valence-electron chi connectivity index (χ1n) is 11.0. The zero-order valence-corrected chi connectivity index (χ0v) is 18.7. The van der Waals surface area contributed by atoms with Crippen LogP contribution in [0.15, 0.2) is 0 Å². The molecule has 158 valence electrons. The number of nitrogens with zero attached hydrogens (tertiary/aromatic N) is 5. The molecule has 2 fully saturated rings. The molecule has 2 aliphatic rings. The first kappa shape index (κ1) is 21.3. The Morgan fingerprint density at radius 2 is 1.86 bits per heavy atom. The van der Waals surface area contributed by atoms with Gasteiger partial charge in [0.1, 0.15) is 0 Å². The Morgan fingerprint density at radius 3 is 2.43 bits per heavy atom. The average molecular weight is 390 g/mol. The van der Waals surface area contributed by atoms with Crippen molar-refractivity contribution in [3.05, 3.63) is 17.0 Å². The van der Waals surface area contributed by atoms with E-state index < -0.39 is 0 Å². The van der Waals surface area contributed by atoms with Crippen LogP contribution in [0.1, 0.15) is 56.5 Å². The van der Waals surface area contributed by atoms with Gasteiger partial charge in [-0.1, -0.05) is 0 Å². The van der Waals surface area contributed by atoms with Crippen LogP contribution in [-0.4, -0.2) is 75.7 Å². The standard InChI is InChI=1S/C22H39N5O/c1-16(2)26-12-9-20(10-13-26)27-11-7-8-19(14-27)22(28)24(5)15-21-17(3)23-25(6)18(21)4/h16,19-20H,7-15H2,1-6H3/t19-/m1/s1. The Morgan fingerprint density at radius 1 is 1.18 bits per heavy atom. The number of hydrogen-bond donors (Lipinski definition) is 0. The average Bonchev–Trinajstić information content (AvgIpc) is 2.93. The van der Waals surface area contributed by atoms with Crippen molar-refractivity contribution in [2.24, 2.45) is 13.0 Å². The lowest BCUT2D eigenvalue weighted by Crippen LogP contribution is -2.51. The van der Waals surface area contributed by atoms with Gasteiger partial charge in [-0.25, -0.2) is 0 Å². The van der Waals surface area contributed by atoms with Gasteiger partial charge in [-0.05, 0) is 73.0 Å². The van der Waals surface area contributed by atoms with E-state index in [-0.39, 0.29) is 5.92 Å². The van der Waals surface area contributed by atoms with Gasteiger partial charge in [-0.15, -0.1) is 0 Å². The number of hydrogen-bond acceptors (Lipinski definition) is 4. The zero-order chi connectivity index (χ0) is 20.4. The summed E-state index contributed by atoms with van der Waals surface area (Å²) in [5, 5.41) is 4.49. The molecule has 0 saturated carbocycles. The number of carbonyl (C=O) groups excluding carboxylic acids is 1. The quantitative estimate of drug-likeness (QED) is 0.776. The zero-order valence-electron chi connectivity index (χ0n) is 18.7. The second kappa shape index (κ2) is 8.95. The van der Waals surface area contributed by atoms with Crippen LogP contribution >= 0.6 is 0 Å². The molecule has 1 aromatic heterocycles. The summed E-state index contributed by atoms with van der Waals surface area (Å²) >= 11 is 0. The maximum atomic E-state index is 13.2. The van der Waals surface area contributed by atoms with E-state index in [0.29, 0.717) is 24.5 Å². The van der Waals surface area contributed by atoms with Crippen molar-refractivity contribution in [3.8, 4) is 0 Å². The summed E-state index contributed by atoms with van der Waals surface area (Å²) in [5.41, 5.74) is 3.37. The fourth-order valence-electron chi connectivity index (χ4n) is 4.98. The number of aryl methyl sites for hydroxylation is 2. The second-order valence-corrected chi connectivity index (χ2v) is 9.16. The van der Waals surface area contributed by atoms with Crippen molar-refractivity contribution in [1.82, 2.24) is 24.5 Å². The van der Waals surface area contributed by atoms with E-state index in [1.54, 1.807) is 0 Å². The minimum Gasteiger partial charge on any atom is -0.341 e. The van der Waals surface area contributed by atoms with Gasteiger partial charge >= 0.3 is 0 Å². The normalized spacial score (nSPS) is 22.8. The van der Waals surface area contributed by atoms with Crippen molar-refractivity contribution < 1.29 is 4.79 Å². The summed E-state index contributed by atoms with van der Waals surface area (Å²) in [5.74, 6) is 0.436. The van der Waals surface area contributed by atoms with Gasteiger partial charge in [0, 0.05) is 50.5 Å². The molecule has 6 heteroatoms. The van der Waals surface area contributed by atoms with Gasteiger partial charge in [0.2, 0.25) is 5.91 Å². The molecule has 0 unspecified atom stereocenters. The Balaban J connectivity index is 1.57. The molecule has 0 spiro atoms. The van der Waals surface area contributed by atoms with Crippen LogP contribution < -0.4 is 0 Å². The first-order valence-corrected chi connectivity index (χ1v) is 11.0. The minimum atomic E-state index is 0.138. The molecule has 1 amide bonds. The van der Waals surface area contributed by atoms with Crippen LogP contribution in [0.5, 0.6) is 0 Å². The van der Waals surface area contributed by atoms with Crippen molar-refractivity contribution in [1.29, 1.82) is 0 Å². The Kier molecular flexibility index (Phi) is 6.81. The minimum absolute atomic E-state index is 0.138. The van der Waals surface area contributed by atoms with Gasteiger partial charge < -0.3 is 9.80 Å². The van der Waals surface area contributed by atoms with Crippen LogP contribution in [0.2, 0.25) is 0 Å². The van der Waals surface area contributed by atoms with Crippen LogP contribution in [0.3, 0.4) is 0 Å². The molecular formula is C22H39N5O. The van der Waals surface area contributed by atoms with E-state index in [2.05, 4.69) is 35.7 Å². The largest absolute Gasteiger partial charge is 0.341 e. The fraction of sp³-hybridized carbons (Fsp3) is 0.818. The molecule has 1 aromatic rings. The number of piperidine rings is 2. The molecule has 0 aliphatic carbocycles. The van der Waals surface area contributed by atoms with Crippen molar-refractivity contribution in [3.63, 3.8) is 0 Å². The van der Waals surface area contributed by atoms with E-state index in [1.165, 1.54) is 31.5 Å². The maximum Gasteiger partial charge on any atom is 0.227 e. The Bertz CT molecular complexity index is 675. The van der Waals surface area contributed by atoms with Crippen molar-refractivity contribution in [2.45, 2.75) is 72.0 Å². The fourth-order valence-corrected chi connectivity index (χ4v) is 4.98. The molecule has 0 radical (unpaired) electrons. The molecule has 6 nitrogen and oxygen atoms in total. The smallest absolute Gasteiger partial charge is 0.227 e. The van der Waals surface area contributed by atoms with Crippen molar-refractivity contribution >= 4 is 5.91 Å². The lowest BCUT2D eigenvalue weighted by atomic mass is 9.92. The van der Waals surface area contributed by atoms with E-state index >= 15 is 0 Å². The van der Waals surface area contributed by atoms with Gasteiger partial charge in [0.05, 0.1) is 11.6 Å². The summed E-state index contributed by atoms with van der Waals surface area (Å²) in [6, 6.07) is 1.29. The van der Waals surface area contributed by atoms with Crippen LogP contribution in [-0.2, 0) is 18.4 Å². The second-order valence-electron chi connectivity index (χ2n) is 9.16. The molecule has 0 aromatic carbocycles. The van der Waals surface area contributed by atoms with E-state index in [1.807, 2.05) is 30.6 Å². The molecular weight excluding hydrogens is 350 g/mol. The number of rotatable bonds is 5. The Hall–Kier alpha value is -1.40. The number of aromatic nitrogens is 2. The van der Waals surface area contributed by atoms with Crippen molar-refractivity contribution in [2.75, 3.05) is 33.2 Å². The number of likely N-dealkylation sites (tertiary alicyclic amines) is 2. The van der Waals surface area contributed by atoms with Crippen LogP contribution in [0.4, 0.5) is 0 Å². The highest BCUT2D eigenvalue weighted by Crippen LogP contribution is 2.26. The lowest BCUT2D eigenvalue weighted by Gasteiger charge is -2.43. The van der Waals surface area contributed by atoms with Crippen LogP contribution in [0, 0.1) is 19.8 Å². The predicted molar refractivity (Wildman–Crippen MR) is 113 cm³/mol. The predicted octanol–water partition coefficient (Wildman–Crippen LogP) is 2.58. The molecule has 28 heavy (non-hydrogen) atoms. The molecule has 2 saturated heterocycles. The molecule has 0 bridgehead atoms. The Labute approximate surface area is 170 Å². The van der Waals surface area contributed by atoms with E-state index in [0.717, 1.165) is 37.3 Å². The summed E-state index contributed by atoms with van der Waals surface area (Å²) in [6.07, 6.45) is 4.64. The summed E-state index contributed by atoms with van der Waals surface area (Å²) in [7, 11) is 3.92. The highest BCUT2D eigenvalue weighted by molar-refractivity contribution is 5.79. The van der Waals surface area contributed by atoms with Gasteiger partial charge in [0.15, 0.2) is 0 Å². The lowest BCUT2D eigenvalue weighted by molar-refractivity contribution is -0.137. The molecule has 3 rings (SSSR count). The summed E-state index contributed by atoms with van der Waals surface area (Å²) in [6.45, 7) is 13.8. The third kappa shape index (κ3) is 4.60. The van der Waals surface area contributed by atoms with E-state index in [4.69, 9.17) is 0 Å². The third-order valence-electron chi connectivity index (χ3n) is 6.98. The number of amides is 1. The molecule has 2 aliphatic heterocycles. The number of carbonyl (C=O) groups is 1. The molecule has 3 heterocycles. The van der Waals surface area contributed by atoms with E-state index in [9.17, 15) is 4.79 Å². The SMILES string of the molecule is Cc1nn(C)c(C)c1CN(C)C(=O)[C@@H]1CCCN(C2CCN(C(C)C)CC2)C1. The summed E-state index contributed by atoms with van der Waals surface area (Å²) in [4.78, 5) is 20.3.